The molecule has 3 aromatic rings. The maximum atomic E-state index is 13.7. The molecule has 176 valence electrons. The van der Waals surface area contributed by atoms with Crippen LogP contribution in [-0.2, 0) is 16.1 Å². The second-order valence-corrected chi connectivity index (χ2v) is 8.93. The molecule has 0 spiro atoms. The Morgan fingerprint density at radius 1 is 1.00 bits per heavy atom. The van der Waals surface area contributed by atoms with Crippen molar-refractivity contribution in [2.75, 3.05) is 18.0 Å². The molecule has 0 saturated carbocycles. The van der Waals surface area contributed by atoms with Gasteiger partial charge in [0.25, 0.3) is 5.91 Å². The molecule has 1 N–H and O–H groups in total. The molecule has 1 aliphatic rings. The van der Waals surface area contributed by atoms with Crippen LogP contribution in [0.1, 0.15) is 36.2 Å². The van der Waals surface area contributed by atoms with Crippen molar-refractivity contribution in [2.24, 2.45) is 0 Å². The van der Waals surface area contributed by atoms with Crippen molar-refractivity contribution in [3.63, 3.8) is 0 Å². The van der Waals surface area contributed by atoms with Crippen LogP contribution < -0.4 is 10.2 Å². The highest BCUT2D eigenvalue weighted by molar-refractivity contribution is 6.36. The molecule has 3 aromatic carbocycles. The number of benzene rings is 3. The molecule has 1 heterocycles. The summed E-state index contributed by atoms with van der Waals surface area (Å²) < 4.78 is 0. The number of likely N-dealkylation sites (N-methyl/N-ethyl adjacent to an activating group) is 1. The molecule has 0 saturated heterocycles. The van der Waals surface area contributed by atoms with E-state index in [1.165, 1.54) is 9.80 Å². The number of hydrogen-bond acceptors (Lipinski definition) is 3. The molecule has 1 aliphatic heterocycles. The summed E-state index contributed by atoms with van der Waals surface area (Å²) in [6.07, 6.45) is 0.392. The number of hydrogen-bond donors (Lipinski definition) is 1. The Labute approximate surface area is 208 Å². The van der Waals surface area contributed by atoms with E-state index in [-0.39, 0.29) is 30.8 Å². The number of nitrogens with one attached hydrogen (secondary N) is 1. The van der Waals surface area contributed by atoms with Gasteiger partial charge < -0.3 is 10.2 Å². The van der Waals surface area contributed by atoms with E-state index < -0.39 is 6.04 Å². The molecule has 1 unspecified atom stereocenters. The van der Waals surface area contributed by atoms with Gasteiger partial charge in [-0.2, -0.15) is 0 Å². The lowest BCUT2D eigenvalue weighted by Gasteiger charge is -2.32. The van der Waals surface area contributed by atoms with Crippen LogP contribution in [0, 0.1) is 0 Å². The number of carbonyl (C=O) groups is 3. The number of nitrogens with zero attached hydrogens (tertiary/aromatic N) is 2. The van der Waals surface area contributed by atoms with E-state index >= 15 is 0 Å². The van der Waals surface area contributed by atoms with Crippen LogP contribution in [0.15, 0.2) is 54.6 Å². The van der Waals surface area contributed by atoms with Crippen molar-refractivity contribution in [3.05, 3.63) is 75.8 Å². The average molecular weight is 498 g/mol. The normalized spacial score (nSPS) is 13.3. The Morgan fingerprint density at radius 2 is 1.65 bits per heavy atom. The fourth-order valence-electron chi connectivity index (χ4n) is 4.43. The SMILES string of the molecule is CCNC(=O)C(CC)N(Cc1c(Cl)cccc1Cl)C(=O)CN1C(=O)c2cccc3cccc1c23. The molecule has 0 aliphatic carbocycles. The summed E-state index contributed by atoms with van der Waals surface area (Å²) in [5, 5.41) is 5.39. The molecular formula is C26H25Cl2N3O3. The van der Waals surface area contributed by atoms with Gasteiger partial charge in [-0.1, -0.05) is 60.5 Å². The van der Waals surface area contributed by atoms with Gasteiger partial charge in [-0.25, -0.2) is 0 Å². The van der Waals surface area contributed by atoms with Gasteiger partial charge in [0, 0.05) is 39.6 Å². The summed E-state index contributed by atoms with van der Waals surface area (Å²) in [5.41, 5.74) is 1.81. The van der Waals surface area contributed by atoms with Gasteiger partial charge in [0.15, 0.2) is 0 Å². The largest absolute Gasteiger partial charge is 0.355 e. The number of anilines is 1. The summed E-state index contributed by atoms with van der Waals surface area (Å²) in [4.78, 5) is 42.7. The van der Waals surface area contributed by atoms with E-state index in [1.807, 2.05) is 44.2 Å². The van der Waals surface area contributed by atoms with E-state index in [9.17, 15) is 14.4 Å². The molecule has 0 aromatic heterocycles. The van der Waals surface area contributed by atoms with E-state index in [0.29, 0.717) is 39.8 Å². The predicted octanol–water partition coefficient (Wildman–Crippen LogP) is 5.05. The molecule has 0 fully saturated rings. The van der Waals surface area contributed by atoms with Gasteiger partial charge in [-0.3, -0.25) is 19.3 Å². The van der Waals surface area contributed by atoms with Crippen LogP contribution in [0.2, 0.25) is 10.0 Å². The van der Waals surface area contributed by atoms with Gasteiger partial charge in [0.1, 0.15) is 12.6 Å². The zero-order valence-corrected chi connectivity index (χ0v) is 20.5. The van der Waals surface area contributed by atoms with Gasteiger partial charge in [0.2, 0.25) is 11.8 Å². The van der Waals surface area contributed by atoms with Crippen LogP contribution in [0.5, 0.6) is 0 Å². The Bertz CT molecular complexity index is 1250. The van der Waals surface area contributed by atoms with E-state index in [2.05, 4.69) is 5.32 Å². The minimum atomic E-state index is -0.740. The highest BCUT2D eigenvalue weighted by Crippen LogP contribution is 2.37. The quantitative estimate of drug-likeness (QED) is 0.473. The zero-order valence-electron chi connectivity index (χ0n) is 19.0. The van der Waals surface area contributed by atoms with Crippen LogP contribution in [0.4, 0.5) is 5.69 Å². The smallest absolute Gasteiger partial charge is 0.259 e. The number of carbonyl (C=O) groups excluding carboxylic acids is 3. The van der Waals surface area contributed by atoms with Gasteiger partial charge in [-0.15, -0.1) is 0 Å². The minimum absolute atomic E-state index is 0.0478. The standard InChI is InChI=1S/C26H25Cl2N3O3/c1-3-21(25(33)29-4-2)30(14-18-19(27)11-7-12-20(18)28)23(32)15-31-22-13-6-9-16-8-5-10-17(24(16)22)26(31)34/h5-13,21H,3-4,14-15H2,1-2H3,(H,29,33). The van der Waals surface area contributed by atoms with Crippen LogP contribution in [0.3, 0.4) is 0 Å². The van der Waals surface area contributed by atoms with Crippen molar-refractivity contribution < 1.29 is 14.4 Å². The third kappa shape index (κ3) is 4.36. The summed E-state index contributed by atoms with van der Waals surface area (Å²) in [7, 11) is 0. The Hall–Kier alpha value is -3.09. The lowest BCUT2D eigenvalue weighted by atomic mass is 10.1. The third-order valence-corrected chi connectivity index (χ3v) is 6.78. The lowest BCUT2D eigenvalue weighted by Crippen LogP contribution is -2.52. The van der Waals surface area contributed by atoms with Gasteiger partial charge in [-0.05, 0) is 43.0 Å². The monoisotopic (exact) mass is 497 g/mol. The maximum absolute atomic E-state index is 13.7. The average Bonchev–Trinajstić information content (AvgIpc) is 3.09. The van der Waals surface area contributed by atoms with E-state index in [0.717, 1.165) is 10.8 Å². The molecule has 1 atom stereocenters. The van der Waals surface area contributed by atoms with Crippen LogP contribution >= 0.6 is 23.2 Å². The van der Waals surface area contributed by atoms with Crippen molar-refractivity contribution in [1.82, 2.24) is 10.2 Å². The number of amides is 3. The summed E-state index contributed by atoms with van der Waals surface area (Å²) in [5.74, 6) is -0.867. The maximum Gasteiger partial charge on any atom is 0.259 e. The summed E-state index contributed by atoms with van der Waals surface area (Å²) in [6.45, 7) is 3.94. The Balaban J connectivity index is 1.69. The van der Waals surface area contributed by atoms with E-state index in [4.69, 9.17) is 23.2 Å². The first kappa shape index (κ1) is 24.0. The predicted molar refractivity (Wildman–Crippen MR) is 135 cm³/mol. The van der Waals surface area contributed by atoms with Crippen molar-refractivity contribution in [1.29, 1.82) is 0 Å². The topological polar surface area (TPSA) is 69.7 Å². The first-order valence-electron chi connectivity index (χ1n) is 11.2. The zero-order chi connectivity index (χ0) is 24.4. The summed E-state index contributed by atoms with van der Waals surface area (Å²) in [6, 6.07) is 15.5. The third-order valence-electron chi connectivity index (χ3n) is 6.07. The van der Waals surface area contributed by atoms with E-state index in [1.54, 1.807) is 24.3 Å². The second kappa shape index (κ2) is 10.0. The Morgan fingerprint density at radius 3 is 2.29 bits per heavy atom. The Kier molecular flexibility index (Phi) is 7.10. The molecule has 8 heteroatoms. The van der Waals surface area contributed by atoms with Crippen molar-refractivity contribution in [3.8, 4) is 0 Å². The molecule has 4 rings (SSSR count). The number of rotatable bonds is 8. The second-order valence-electron chi connectivity index (χ2n) is 8.11. The number of halogens is 2. The van der Waals surface area contributed by atoms with Crippen molar-refractivity contribution >= 4 is 57.4 Å². The molecule has 34 heavy (non-hydrogen) atoms. The van der Waals surface area contributed by atoms with Gasteiger partial charge in [0.05, 0.1) is 5.69 Å². The molecule has 0 bridgehead atoms. The fourth-order valence-corrected chi connectivity index (χ4v) is 4.94. The van der Waals surface area contributed by atoms with Crippen LogP contribution in [-0.4, -0.2) is 41.8 Å². The first-order valence-corrected chi connectivity index (χ1v) is 12.0. The highest BCUT2D eigenvalue weighted by atomic mass is 35.5. The molecule has 6 nitrogen and oxygen atoms in total. The van der Waals surface area contributed by atoms with Gasteiger partial charge >= 0.3 is 0 Å². The van der Waals surface area contributed by atoms with Crippen LogP contribution in [0.25, 0.3) is 10.8 Å². The molecular weight excluding hydrogens is 473 g/mol. The molecule has 3 amide bonds. The molecule has 0 radical (unpaired) electrons. The fraction of sp³-hybridized carbons (Fsp3) is 0.269. The lowest BCUT2D eigenvalue weighted by molar-refractivity contribution is -0.140. The minimum Gasteiger partial charge on any atom is -0.355 e. The van der Waals surface area contributed by atoms with Crippen molar-refractivity contribution in [2.45, 2.75) is 32.9 Å². The first-order chi connectivity index (χ1) is 16.4. The highest BCUT2D eigenvalue weighted by Gasteiger charge is 2.35. The summed E-state index contributed by atoms with van der Waals surface area (Å²) >= 11 is 12.8.